The molecule has 2 heterocycles. The van der Waals surface area contributed by atoms with Crippen LogP contribution in [-0.2, 0) is 33.3 Å². The fraction of sp³-hybridized carbons (Fsp3) is 0.273. The van der Waals surface area contributed by atoms with E-state index in [1.165, 1.54) is 5.32 Å². The van der Waals surface area contributed by atoms with Gasteiger partial charge in [-0.05, 0) is 35.7 Å². The highest BCUT2D eigenvalue weighted by Crippen LogP contribution is 2.30. The van der Waals surface area contributed by atoms with Crippen LogP contribution < -0.4 is 10.6 Å². The summed E-state index contributed by atoms with van der Waals surface area (Å²) in [4.78, 5) is 50.2. The number of benzene rings is 2. The molecule has 0 bridgehead atoms. The van der Waals surface area contributed by atoms with Gasteiger partial charge in [-0.25, -0.2) is 0 Å². The zero-order valence-electron chi connectivity index (χ0n) is 26.7. The summed E-state index contributed by atoms with van der Waals surface area (Å²) in [6.07, 6.45) is -0.624. The predicted octanol–water partition coefficient (Wildman–Crippen LogP) is 2.51. The molecule has 2 aromatic rings. The monoisotopic (exact) mass is 472 g/mol. The second-order valence-electron chi connectivity index (χ2n) is 6.60. The van der Waals surface area contributed by atoms with Gasteiger partial charge in [-0.3, -0.25) is 24.5 Å². The Morgan fingerprint density at radius 3 is 2.69 bits per heavy atom. The first kappa shape index (κ1) is 12.1. The quantitative estimate of drug-likeness (QED) is 0.654. The molecule has 166 valence electrons. The van der Waals surface area contributed by atoms with Crippen LogP contribution in [0.4, 0.5) is 8.78 Å². The summed E-state index contributed by atoms with van der Waals surface area (Å²) in [5.41, 5.74) is -4.93. The molecule has 1 atom stereocenters. The fourth-order valence-electron chi connectivity index (χ4n) is 2.92. The normalized spacial score (nSPS) is 25.3. The molecule has 0 aromatic heterocycles. The number of imide groups is 1. The van der Waals surface area contributed by atoms with Crippen LogP contribution in [0.25, 0.3) is 0 Å². The molecule has 2 aliphatic heterocycles. The highest BCUT2D eigenvalue weighted by Gasteiger charge is 2.41. The van der Waals surface area contributed by atoms with E-state index in [2.05, 4.69) is 0 Å². The molecular formula is C22H18ClF2N3O4. The Bertz CT molecular complexity index is 1630. The Labute approximate surface area is 202 Å². The van der Waals surface area contributed by atoms with Gasteiger partial charge in [0.25, 0.3) is 11.8 Å². The summed E-state index contributed by atoms with van der Waals surface area (Å²) < 4.78 is 120. The van der Waals surface area contributed by atoms with Gasteiger partial charge in [0, 0.05) is 35.6 Å². The minimum Gasteiger partial charge on any atom is -0.346 e. The van der Waals surface area contributed by atoms with E-state index >= 15 is 8.78 Å². The summed E-state index contributed by atoms with van der Waals surface area (Å²) >= 11 is 5.60. The van der Waals surface area contributed by atoms with E-state index in [1.54, 1.807) is 0 Å². The summed E-state index contributed by atoms with van der Waals surface area (Å²) in [6.45, 7) is -6.75. The number of carbonyl (C=O) groups is 4. The molecule has 2 aromatic carbocycles. The Hall–Kier alpha value is -3.33. The Morgan fingerprint density at radius 1 is 1.28 bits per heavy atom. The van der Waals surface area contributed by atoms with Gasteiger partial charge in [-0.2, -0.15) is 8.78 Å². The summed E-state index contributed by atoms with van der Waals surface area (Å²) in [5.74, 6) is -10.6. The molecule has 4 amide bonds. The van der Waals surface area contributed by atoms with Crippen molar-refractivity contribution in [3.63, 3.8) is 0 Å². The smallest absolute Gasteiger partial charge is 0.346 e. The number of rotatable bonds is 5. The van der Waals surface area contributed by atoms with Crippen molar-refractivity contribution in [2.24, 2.45) is 0 Å². The van der Waals surface area contributed by atoms with Gasteiger partial charge in [0.15, 0.2) is 0 Å². The lowest BCUT2D eigenvalue weighted by Gasteiger charge is -2.29. The number of amides is 4. The van der Waals surface area contributed by atoms with Gasteiger partial charge < -0.3 is 10.2 Å². The van der Waals surface area contributed by atoms with Crippen LogP contribution in [0.3, 0.4) is 0 Å². The molecule has 4 rings (SSSR count). The average Bonchev–Trinajstić information content (AvgIpc) is 3.09. The van der Waals surface area contributed by atoms with E-state index in [4.69, 9.17) is 26.7 Å². The molecule has 0 spiro atoms. The van der Waals surface area contributed by atoms with E-state index in [-0.39, 0.29) is 12.8 Å². The molecule has 1 saturated heterocycles. The third-order valence-corrected chi connectivity index (χ3v) is 4.68. The minimum atomic E-state index is -4.95. The maximum absolute atomic E-state index is 15.3. The van der Waals surface area contributed by atoms with Crippen molar-refractivity contribution in [3.8, 4) is 0 Å². The molecule has 2 N–H and O–H groups in total. The molecule has 32 heavy (non-hydrogen) atoms. The number of carbonyl (C=O) groups excluding carboxylic acids is 4. The molecule has 0 saturated carbocycles. The van der Waals surface area contributed by atoms with Gasteiger partial charge in [-0.1, -0.05) is 35.8 Å². The minimum absolute atomic E-state index is 0.289. The second-order valence-corrected chi connectivity index (χ2v) is 6.97. The van der Waals surface area contributed by atoms with Crippen LogP contribution in [0.5, 0.6) is 0 Å². The molecule has 1 unspecified atom stereocenters. The number of alkyl halides is 2. The topological polar surface area (TPSA) is 95.6 Å². The number of hydrogen-bond acceptors (Lipinski definition) is 4. The number of halogens is 3. The SMILES string of the molecule is [2H]c1c([2H])c(C(F)(F)C(=O)NC([2H])([2H])c2c([2H])c([2H])c3c(c2[2H])C([2H])([2H])N(C2CCC(=O)NC2=O)C3=O)c([2H])c([2H])c1Cl. The third kappa shape index (κ3) is 4.08. The maximum Gasteiger partial charge on any atom is 0.349 e. The van der Waals surface area contributed by atoms with E-state index < -0.39 is 118 Å². The summed E-state index contributed by atoms with van der Waals surface area (Å²) in [5, 5.41) is 2.33. The predicted molar refractivity (Wildman–Crippen MR) is 110 cm³/mol. The lowest BCUT2D eigenvalue weighted by atomic mass is 10.0. The Kier molecular flexibility index (Phi) is 3.13. The molecule has 10 heteroatoms. The number of piperidine rings is 1. The number of nitrogens with zero attached hydrogens (tertiary/aromatic N) is 1. The highest BCUT2D eigenvalue weighted by atomic mass is 35.5. The zero-order valence-corrected chi connectivity index (χ0v) is 16.5. The molecule has 2 aliphatic rings. The Morgan fingerprint density at radius 2 is 2.00 bits per heavy atom. The maximum atomic E-state index is 15.3. The molecular weight excluding hydrogens is 444 g/mol. The first-order valence-electron chi connectivity index (χ1n) is 14.4. The number of hydrogen-bond donors (Lipinski definition) is 2. The van der Waals surface area contributed by atoms with Gasteiger partial charge in [0.2, 0.25) is 11.8 Å². The van der Waals surface area contributed by atoms with E-state index in [9.17, 15) is 19.2 Å². The van der Waals surface area contributed by atoms with Crippen molar-refractivity contribution < 1.29 is 43.0 Å². The molecule has 7 nitrogen and oxygen atoms in total. The van der Waals surface area contributed by atoms with E-state index in [0.29, 0.717) is 4.90 Å². The van der Waals surface area contributed by atoms with Crippen LogP contribution in [0.2, 0.25) is 5.02 Å². The average molecular weight is 473 g/mol. The van der Waals surface area contributed by atoms with E-state index in [1.807, 2.05) is 5.32 Å². The van der Waals surface area contributed by atoms with Crippen LogP contribution in [0, 0.1) is 0 Å². The third-order valence-electron chi connectivity index (χ3n) is 4.49. The van der Waals surface area contributed by atoms with Crippen molar-refractivity contribution in [2.75, 3.05) is 0 Å². The Balaban J connectivity index is 1.81. The number of nitrogens with one attached hydrogen (secondary N) is 2. The lowest BCUT2D eigenvalue weighted by Crippen LogP contribution is -2.52. The van der Waals surface area contributed by atoms with Gasteiger partial charge in [-0.15, -0.1) is 0 Å². The summed E-state index contributed by atoms with van der Waals surface area (Å²) in [6, 6.07) is -10.3. The van der Waals surface area contributed by atoms with Gasteiger partial charge in [0.05, 0.1) is 15.1 Å². The van der Waals surface area contributed by atoms with Gasteiger partial charge in [0.1, 0.15) is 6.04 Å². The van der Waals surface area contributed by atoms with Crippen LogP contribution in [0.15, 0.2) is 42.3 Å². The van der Waals surface area contributed by atoms with Crippen LogP contribution in [0.1, 0.15) is 55.0 Å². The molecule has 0 aliphatic carbocycles. The van der Waals surface area contributed by atoms with Gasteiger partial charge >= 0.3 is 5.92 Å². The molecule has 1 fully saturated rings. The van der Waals surface area contributed by atoms with Crippen molar-refractivity contribution in [1.82, 2.24) is 15.5 Å². The second kappa shape index (κ2) is 8.31. The standard InChI is InChI=1S/C22H18ClF2N3O4/c23-15-4-2-14(3-5-15)22(24,25)21(32)26-10-12-1-6-16-13(9-12)11-28(20(16)31)17-7-8-18(29)27-19(17)30/h1-6,9,17H,7-8,10-11H2,(H,26,32)(H,27,29,30)/i1D,2D,3D,4D,5D,6D,9D,10D2,11D2. The van der Waals surface area contributed by atoms with Crippen molar-refractivity contribution in [2.45, 2.75) is 37.8 Å². The first-order chi connectivity index (χ1) is 19.6. The summed E-state index contributed by atoms with van der Waals surface area (Å²) in [7, 11) is 0. The van der Waals surface area contributed by atoms with Crippen LogP contribution >= 0.6 is 11.6 Å². The van der Waals surface area contributed by atoms with Crippen molar-refractivity contribution in [3.05, 3.63) is 69.6 Å². The zero-order chi connectivity index (χ0) is 32.7. The van der Waals surface area contributed by atoms with Crippen LogP contribution in [-0.4, -0.2) is 34.6 Å². The largest absolute Gasteiger partial charge is 0.349 e. The highest BCUT2D eigenvalue weighted by molar-refractivity contribution is 6.30. The first-order valence-corrected chi connectivity index (χ1v) is 9.27. The van der Waals surface area contributed by atoms with Crippen molar-refractivity contribution in [1.29, 1.82) is 0 Å². The lowest BCUT2D eigenvalue weighted by molar-refractivity contribution is -0.147. The van der Waals surface area contributed by atoms with Crippen molar-refractivity contribution >= 4 is 35.2 Å². The molecule has 0 radical (unpaired) electrons. The van der Waals surface area contributed by atoms with E-state index in [0.717, 1.165) is 0 Å². The number of fused-ring (bicyclic) bond motifs is 1. The fourth-order valence-corrected chi connectivity index (χ4v) is 3.01.